The van der Waals surface area contributed by atoms with Crippen LogP contribution in [0.4, 0.5) is 0 Å². The molecule has 11 heavy (non-hydrogen) atoms. The second kappa shape index (κ2) is 3.11. The first-order valence-corrected chi connectivity index (χ1v) is 5.77. The topological polar surface area (TPSA) is 46.2 Å². The SMILES string of the molecule is CC(C)[C@@H]1CS(=O)(=O)CCN1. The second-order valence-corrected chi connectivity index (χ2v) is 5.65. The molecule has 3 nitrogen and oxygen atoms in total. The largest absolute Gasteiger partial charge is 0.312 e. The Kier molecular flexibility index (Phi) is 2.54. The molecule has 1 atom stereocenters. The lowest BCUT2D eigenvalue weighted by Crippen LogP contribution is -2.47. The van der Waals surface area contributed by atoms with Crippen LogP contribution in [0, 0.1) is 5.92 Å². The van der Waals surface area contributed by atoms with Gasteiger partial charge in [0.2, 0.25) is 0 Å². The van der Waals surface area contributed by atoms with Gasteiger partial charge in [0.15, 0.2) is 9.84 Å². The monoisotopic (exact) mass is 177 g/mol. The maximum absolute atomic E-state index is 11.1. The minimum atomic E-state index is -2.74. The first-order chi connectivity index (χ1) is 5.01. The van der Waals surface area contributed by atoms with Gasteiger partial charge in [-0.1, -0.05) is 13.8 Å². The molecule has 0 saturated carbocycles. The molecule has 0 aromatic carbocycles. The Morgan fingerprint density at radius 2 is 2.09 bits per heavy atom. The summed E-state index contributed by atoms with van der Waals surface area (Å²) in [6.45, 7) is 4.70. The quantitative estimate of drug-likeness (QED) is 0.614. The average Bonchev–Trinajstić information content (AvgIpc) is 1.85. The van der Waals surface area contributed by atoms with Crippen LogP contribution in [0.1, 0.15) is 13.8 Å². The summed E-state index contributed by atoms with van der Waals surface area (Å²) in [7, 11) is -2.74. The van der Waals surface area contributed by atoms with Gasteiger partial charge in [-0.15, -0.1) is 0 Å². The smallest absolute Gasteiger partial charge is 0.153 e. The lowest BCUT2D eigenvalue weighted by Gasteiger charge is -2.26. The van der Waals surface area contributed by atoms with Crippen molar-refractivity contribution in [1.29, 1.82) is 0 Å². The van der Waals surface area contributed by atoms with Crippen LogP contribution in [0.3, 0.4) is 0 Å². The van der Waals surface area contributed by atoms with Gasteiger partial charge in [-0.3, -0.25) is 0 Å². The van der Waals surface area contributed by atoms with Crippen molar-refractivity contribution in [3.8, 4) is 0 Å². The van der Waals surface area contributed by atoms with E-state index in [2.05, 4.69) is 5.32 Å². The third kappa shape index (κ3) is 2.45. The molecule has 0 spiro atoms. The van der Waals surface area contributed by atoms with Crippen LogP contribution < -0.4 is 5.32 Å². The van der Waals surface area contributed by atoms with E-state index in [1.54, 1.807) is 0 Å². The van der Waals surface area contributed by atoms with Gasteiger partial charge in [-0.2, -0.15) is 0 Å². The predicted molar refractivity (Wildman–Crippen MR) is 45.3 cm³/mol. The van der Waals surface area contributed by atoms with Crippen LogP contribution in [-0.4, -0.2) is 32.5 Å². The first-order valence-electron chi connectivity index (χ1n) is 3.95. The van der Waals surface area contributed by atoms with Crippen molar-refractivity contribution in [1.82, 2.24) is 5.32 Å². The third-order valence-electron chi connectivity index (χ3n) is 2.06. The molecule has 1 heterocycles. The van der Waals surface area contributed by atoms with Crippen LogP contribution in [0.25, 0.3) is 0 Å². The van der Waals surface area contributed by atoms with Crippen LogP contribution in [-0.2, 0) is 9.84 Å². The zero-order valence-electron chi connectivity index (χ0n) is 7.00. The van der Waals surface area contributed by atoms with E-state index in [1.165, 1.54) is 0 Å². The molecule has 1 aliphatic rings. The molecule has 1 rings (SSSR count). The zero-order valence-corrected chi connectivity index (χ0v) is 7.82. The lowest BCUT2D eigenvalue weighted by molar-refractivity contribution is 0.421. The number of hydrogen-bond donors (Lipinski definition) is 1. The molecule has 1 aliphatic heterocycles. The van der Waals surface area contributed by atoms with E-state index in [-0.39, 0.29) is 6.04 Å². The second-order valence-electron chi connectivity index (χ2n) is 3.42. The Bertz CT molecular complexity index is 221. The van der Waals surface area contributed by atoms with Gasteiger partial charge in [0.05, 0.1) is 11.5 Å². The minimum Gasteiger partial charge on any atom is -0.312 e. The van der Waals surface area contributed by atoms with Crippen molar-refractivity contribution in [2.24, 2.45) is 5.92 Å². The molecule has 0 unspecified atom stereocenters. The standard InChI is InChI=1S/C7H15NO2S/c1-6(2)7-5-11(9,10)4-3-8-7/h6-8H,3-5H2,1-2H3/t7-/m0/s1. The van der Waals surface area contributed by atoms with Gasteiger partial charge in [-0.05, 0) is 5.92 Å². The molecule has 0 amide bonds. The van der Waals surface area contributed by atoms with Gasteiger partial charge < -0.3 is 5.32 Å². The predicted octanol–water partition coefficient (Wildman–Crippen LogP) is 0.0290. The van der Waals surface area contributed by atoms with Crippen molar-refractivity contribution >= 4 is 9.84 Å². The Morgan fingerprint density at radius 1 is 1.45 bits per heavy atom. The highest BCUT2D eigenvalue weighted by Gasteiger charge is 2.25. The summed E-state index contributed by atoms with van der Waals surface area (Å²) in [4.78, 5) is 0. The van der Waals surface area contributed by atoms with Gasteiger partial charge in [0, 0.05) is 12.6 Å². The summed E-state index contributed by atoms with van der Waals surface area (Å²) in [5.74, 6) is 1.02. The van der Waals surface area contributed by atoms with Crippen LogP contribution in [0.15, 0.2) is 0 Å². The van der Waals surface area contributed by atoms with Crippen molar-refractivity contribution in [2.45, 2.75) is 19.9 Å². The van der Waals surface area contributed by atoms with Gasteiger partial charge in [0.25, 0.3) is 0 Å². The van der Waals surface area contributed by atoms with Crippen molar-refractivity contribution < 1.29 is 8.42 Å². The summed E-state index contributed by atoms with van der Waals surface area (Å²) in [6, 6.07) is 0.161. The van der Waals surface area contributed by atoms with Crippen molar-refractivity contribution in [3.63, 3.8) is 0 Å². The number of rotatable bonds is 1. The molecule has 1 saturated heterocycles. The normalized spacial score (nSPS) is 30.6. The molecular weight excluding hydrogens is 162 g/mol. The third-order valence-corrected chi connectivity index (χ3v) is 3.75. The average molecular weight is 177 g/mol. The fourth-order valence-corrected chi connectivity index (χ4v) is 2.89. The molecule has 0 aromatic heterocycles. The molecule has 1 N–H and O–H groups in total. The maximum Gasteiger partial charge on any atom is 0.153 e. The molecule has 1 fully saturated rings. The fourth-order valence-electron chi connectivity index (χ4n) is 1.24. The number of hydrogen-bond acceptors (Lipinski definition) is 3. The van der Waals surface area contributed by atoms with Crippen LogP contribution in [0.5, 0.6) is 0 Å². The summed E-state index contributed by atoms with van der Waals surface area (Å²) < 4.78 is 22.3. The molecular formula is C7H15NO2S. The number of sulfone groups is 1. The van der Waals surface area contributed by atoms with Crippen molar-refractivity contribution in [3.05, 3.63) is 0 Å². The van der Waals surface area contributed by atoms with E-state index in [0.717, 1.165) is 0 Å². The molecule has 4 heteroatoms. The molecule has 0 aliphatic carbocycles. The first kappa shape index (κ1) is 9.00. The molecule has 0 bridgehead atoms. The van der Waals surface area contributed by atoms with E-state index >= 15 is 0 Å². The highest BCUT2D eigenvalue weighted by Crippen LogP contribution is 2.09. The summed E-state index contributed by atoms with van der Waals surface area (Å²) in [5.41, 5.74) is 0. The summed E-state index contributed by atoms with van der Waals surface area (Å²) in [5, 5.41) is 3.19. The van der Waals surface area contributed by atoms with Crippen LogP contribution >= 0.6 is 0 Å². The highest BCUT2D eigenvalue weighted by molar-refractivity contribution is 7.91. The molecule has 0 aromatic rings. The Labute approximate surface area is 68.1 Å². The van der Waals surface area contributed by atoms with E-state index < -0.39 is 9.84 Å². The van der Waals surface area contributed by atoms with Gasteiger partial charge in [0.1, 0.15) is 0 Å². The van der Waals surface area contributed by atoms with Crippen molar-refractivity contribution in [2.75, 3.05) is 18.1 Å². The highest BCUT2D eigenvalue weighted by atomic mass is 32.2. The van der Waals surface area contributed by atoms with E-state index in [9.17, 15) is 8.42 Å². The fraction of sp³-hybridized carbons (Fsp3) is 1.00. The van der Waals surface area contributed by atoms with E-state index in [0.29, 0.717) is 24.0 Å². The number of nitrogens with one attached hydrogen (secondary N) is 1. The maximum atomic E-state index is 11.1. The Morgan fingerprint density at radius 3 is 2.45 bits per heavy atom. The van der Waals surface area contributed by atoms with E-state index in [4.69, 9.17) is 0 Å². The van der Waals surface area contributed by atoms with E-state index in [1.807, 2.05) is 13.8 Å². The zero-order chi connectivity index (χ0) is 8.48. The van der Waals surface area contributed by atoms with Crippen LogP contribution in [0.2, 0.25) is 0 Å². The lowest BCUT2D eigenvalue weighted by atomic mass is 10.1. The minimum absolute atomic E-state index is 0.161. The summed E-state index contributed by atoms with van der Waals surface area (Å²) in [6.07, 6.45) is 0. The Hall–Kier alpha value is -0.0900. The summed E-state index contributed by atoms with van der Waals surface area (Å²) >= 11 is 0. The molecule has 0 radical (unpaired) electrons. The molecule has 66 valence electrons. The van der Waals surface area contributed by atoms with Gasteiger partial charge in [-0.25, -0.2) is 8.42 Å². The Balaban J connectivity index is 2.61. The van der Waals surface area contributed by atoms with Gasteiger partial charge >= 0.3 is 0 Å².